The molecular weight excluding hydrogens is 340 g/mol. The van der Waals surface area contributed by atoms with Gasteiger partial charge in [-0.2, -0.15) is 0 Å². The average Bonchev–Trinajstić information content (AvgIpc) is 3.00. The first kappa shape index (κ1) is 16.6. The fourth-order valence-electron chi connectivity index (χ4n) is 5.31. The molecule has 3 N–H and O–H groups in total. The molecule has 0 unspecified atom stereocenters. The molecule has 7 heteroatoms. The molecule has 134 valence electrons. The zero-order valence-electron chi connectivity index (χ0n) is 13.9. The third-order valence-corrected chi connectivity index (χ3v) is 6.86. The van der Waals surface area contributed by atoms with E-state index in [9.17, 15) is 14.4 Å². The summed E-state index contributed by atoms with van der Waals surface area (Å²) in [4.78, 5) is 35.9. The second-order valence-electron chi connectivity index (χ2n) is 7.64. The van der Waals surface area contributed by atoms with Crippen molar-refractivity contribution >= 4 is 34.1 Å². The Hall–Kier alpha value is -1.89. The van der Waals surface area contributed by atoms with Gasteiger partial charge in [0.2, 0.25) is 0 Å². The highest BCUT2D eigenvalue weighted by Crippen LogP contribution is 2.56. The van der Waals surface area contributed by atoms with Gasteiger partial charge in [-0.15, -0.1) is 11.3 Å². The van der Waals surface area contributed by atoms with E-state index in [2.05, 4.69) is 5.32 Å². The Labute approximate surface area is 150 Å². The molecule has 1 aromatic heterocycles. The van der Waals surface area contributed by atoms with Crippen molar-refractivity contribution in [1.29, 1.82) is 0 Å². The van der Waals surface area contributed by atoms with Crippen molar-refractivity contribution in [3.63, 3.8) is 0 Å². The van der Waals surface area contributed by atoms with Gasteiger partial charge in [0.05, 0.1) is 11.5 Å². The van der Waals surface area contributed by atoms with Crippen LogP contribution in [0.4, 0.5) is 5.00 Å². The van der Waals surface area contributed by atoms with Crippen LogP contribution in [0.3, 0.4) is 0 Å². The van der Waals surface area contributed by atoms with Crippen LogP contribution in [0.5, 0.6) is 0 Å². The van der Waals surface area contributed by atoms with Crippen molar-refractivity contribution in [2.75, 3.05) is 11.9 Å². The molecule has 4 saturated carbocycles. The minimum absolute atomic E-state index is 0.0384. The van der Waals surface area contributed by atoms with Crippen LogP contribution < -0.4 is 11.1 Å². The highest BCUT2D eigenvalue weighted by atomic mass is 32.1. The minimum atomic E-state index is -0.595. The molecular formula is C18H22N2O4S. The van der Waals surface area contributed by atoms with E-state index in [1.54, 1.807) is 11.4 Å². The number of rotatable bonds is 5. The Kier molecular flexibility index (Phi) is 4.27. The van der Waals surface area contributed by atoms with Gasteiger partial charge >= 0.3 is 5.97 Å². The Bertz CT molecular complexity index is 686. The summed E-state index contributed by atoms with van der Waals surface area (Å²) >= 11 is 1.21. The van der Waals surface area contributed by atoms with Gasteiger partial charge in [0.25, 0.3) is 11.8 Å². The molecule has 0 aliphatic heterocycles. The summed E-state index contributed by atoms with van der Waals surface area (Å²) in [6.45, 7) is -0.322. The number of primary amides is 1. The van der Waals surface area contributed by atoms with Gasteiger partial charge in [0.15, 0.2) is 6.61 Å². The Morgan fingerprint density at radius 2 is 1.76 bits per heavy atom. The number of anilines is 1. The van der Waals surface area contributed by atoms with Crippen LogP contribution in [0.25, 0.3) is 0 Å². The summed E-state index contributed by atoms with van der Waals surface area (Å²) in [6, 6.07) is 1.56. The summed E-state index contributed by atoms with van der Waals surface area (Å²) < 4.78 is 5.32. The highest BCUT2D eigenvalue weighted by molar-refractivity contribution is 7.14. The first-order chi connectivity index (χ1) is 12.0. The lowest BCUT2D eigenvalue weighted by atomic mass is 9.52. The van der Waals surface area contributed by atoms with E-state index in [1.807, 2.05) is 0 Å². The SMILES string of the molecule is NC(=O)c1ccsc1NC(=O)COC(=O)C1C2CC3CC(C2)CC1C3. The second-order valence-corrected chi connectivity index (χ2v) is 8.56. The van der Waals surface area contributed by atoms with Gasteiger partial charge in [0, 0.05) is 0 Å². The molecule has 6 nitrogen and oxygen atoms in total. The Morgan fingerprint density at radius 1 is 1.12 bits per heavy atom. The third-order valence-electron chi connectivity index (χ3n) is 6.03. The second kappa shape index (κ2) is 6.44. The van der Waals surface area contributed by atoms with E-state index in [4.69, 9.17) is 10.5 Å². The lowest BCUT2D eigenvalue weighted by Gasteiger charge is -2.53. The van der Waals surface area contributed by atoms with Crippen molar-refractivity contribution in [3.05, 3.63) is 17.0 Å². The number of thiophene rings is 1. The molecule has 0 aromatic carbocycles. The van der Waals surface area contributed by atoms with Crippen molar-refractivity contribution < 1.29 is 19.1 Å². The average molecular weight is 362 g/mol. The molecule has 0 radical (unpaired) electrons. The molecule has 4 aliphatic carbocycles. The van der Waals surface area contributed by atoms with Gasteiger partial charge in [0.1, 0.15) is 5.00 Å². The van der Waals surface area contributed by atoms with Crippen LogP contribution in [-0.2, 0) is 14.3 Å². The van der Waals surface area contributed by atoms with E-state index >= 15 is 0 Å². The first-order valence-electron chi connectivity index (χ1n) is 8.85. The summed E-state index contributed by atoms with van der Waals surface area (Å²) in [7, 11) is 0. The number of hydrogen-bond acceptors (Lipinski definition) is 5. The maximum Gasteiger partial charge on any atom is 0.310 e. The molecule has 25 heavy (non-hydrogen) atoms. The molecule has 2 amide bonds. The van der Waals surface area contributed by atoms with Gasteiger partial charge in [-0.05, 0) is 67.2 Å². The van der Waals surface area contributed by atoms with E-state index < -0.39 is 11.8 Å². The number of nitrogens with two attached hydrogens (primary N) is 1. The molecule has 0 spiro atoms. The Morgan fingerprint density at radius 3 is 2.36 bits per heavy atom. The normalized spacial score (nSPS) is 32.4. The summed E-state index contributed by atoms with van der Waals surface area (Å²) in [5.41, 5.74) is 5.52. The molecule has 4 aliphatic rings. The van der Waals surface area contributed by atoms with E-state index in [0.717, 1.165) is 37.5 Å². The quantitative estimate of drug-likeness (QED) is 0.786. The van der Waals surface area contributed by atoms with Crippen LogP contribution in [0.15, 0.2) is 11.4 Å². The zero-order chi connectivity index (χ0) is 17.6. The number of esters is 1. The van der Waals surface area contributed by atoms with E-state index in [-0.39, 0.29) is 24.1 Å². The van der Waals surface area contributed by atoms with Crippen molar-refractivity contribution in [1.82, 2.24) is 0 Å². The van der Waals surface area contributed by atoms with Crippen LogP contribution in [0.1, 0.15) is 42.5 Å². The minimum Gasteiger partial charge on any atom is -0.455 e. The molecule has 5 rings (SSSR count). The number of carbonyl (C=O) groups is 3. The largest absolute Gasteiger partial charge is 0.455 e. The molecule has 0 saturated heterocycles. The van der Waals surface area contributed by atoms with Gasteiger partial charge in [-0.3, -0.25) is 14.4 Å². The zero-order valence-corrected chi connectivity index (χ0v) is 14.7. The number of carbonyl (C=O) groups excluding carboxylic acids is 3. The topological polar surface area (TPSA) is 98.5 Å². The van der Waals surface area contributed by atoms with E-state index in [0.29, 0.717) is 16.8 Å². The summed E-state index contributed by atoms with van der Waals surface area (Å²) in [5.74, 6) is 1.15. The molecule has 0 atom stereocenters. The highest BCUT2D eigenvalue weighted by Gasteiger charge is 2.51. The summed E-state index contributed by atoms with van der Waals surface area (Å²) in [6.07, 6.45) is 5.87. The van der Waals surface area contributed by atoms with Gasteiger partial charge in [-0.25, -0.2) is 0 Å². The monoisotopic (exact) mass is 362 g/mol. The number of nitrogens with one attached hydrogen (secondary N) is 1. The molecule has 1 aromatic rings. The molecule has 4 bridgehead atoms. The lowest BCUT2D eigenvalue weighted by Crippen LogP contribution is -2.48. The standard InChI is InChI=1S/C18H22N2O4S/c19-16(22)13-1-2-25-17(13)20-14(21)8-24-18(23)15-11-4-9-3-10(6-11)7-12(15)5-9/h1-2,9-12,15H,3-8H2,(H2,19,22)(H,20,21). The van der Waals surface area contributed by atoms with Crippen molar-refractivity contribution in [2.45, 2.75) is 32.1 Å². The third kappa shape index (κ3) is 3.17. The lowest BCUT2D eigenvalue weighted by molar-refractivity contribution is -0.164. The fraction of sp³-hybridized carbons (Fsp3) is 0.611. The molecule has 4 fully saturated rings. The van der Waals surface area contributed by atoms with Crippen LogP contribution >= 0.6 is 11.3 Å². The maximum atomic E-state index is 12.5. The first-order valence-corrected chi connectivity index (χ1v) is 9.73. The van der Waals surface area contributed by atoms with Gasteiger partial charge < -0.3 is 15.8 Å². The number of hydrogen-bond donors (Lipinski definition) is 2. The van der Waals surface area contributed by atoms with Crippen molar-refractivity contribution in [2.24, 2.45) is 35.3 Å². The van der Waals surface area contributed by atoms with Crippen LogP contribution in [0.2, 0.25) is 0 Å². The predicted molar refractivity (Wildman–Crippen MR) is 93.0 cm³/mol. The Balaban J connectivity index is 1.32. The van der Waals surface area contributed by atoms with Crippen molar-refractivity contribution in [3.8, 4) is 0 Å². The maximum absolute atomic E-state index is 12.5. The fourth-order valence-corrected chi connectivity index (χ4v) is 6.11. The smallest absolute Gasteiger partial charge is 0.310 e. The molecule has 1 heterocycles. The van der Waals surface area contributed by atoms with Crippen LogP contribution in [0, 0.1) is 29.6 Å². The van der Waals surface area contributed by atoms with E-state index in [1.165, 1.54) is 17.8 Å². The number of amides is 2. The summed E-state index contributed by atoms with van der Waals surface area (Å²) in [5, 5.41) is 4.66. The van der Waals surface area contributed by atoms with Crippen LogP contribution in [-0.4, -0.2) is 24.4 Å². The predicted octanol–water partition coefficient (Wildman–Crippen LogP) is 2.40. The van der Waals surface area contributed by atoms with Gasteiger partial charge in [-0.1, -0.05) is 0 Å². The number of ether oxygens (including phenoxy) is 1.